The molecule has 0 saturated carbocycles. The molecule has 1 N–H and O–H groups in total. The molecule has 104 valence electrons. The molecule has 1 atom stereocenters. The molecule has 0 aliphatic rings. The predicted octanol–water partition coefficient (Wildman–Crippen LogP) is 1.90. The largest absolute Gasteiger partial charge is 0.496 e. The molecule has 1 aromatic rings. The molecule has 0 aromatic heterocycles. The van der Waals surface area contributed by atoms with Crippen molar-refractivity contribution in [2.45, 2.75) is 19.4 Å². The Kier molecular flexibility index (Phi) is 4.68. The van der Waals surface area contributed by atoms with Gasteiger partial charge in [-0.15, -0.1) is 0 Å². The lowest BCUT2D eigenvalue weighted by atomic mass is 10.1. The number of carboxylic acids is 1. The summed E-state index contributed by atoms with van der Waals surface area (Å²) in [4.78, 5) is 22.9. The molecule has 19 heavy (non-hydrogen) atoms. The average Bonchev–Trinajstić information content (AvgIpc) is 2.38. The third-order valence-corrected chi connectivity index (χ3v) is 2.87. The van der Waals surface area contributed by atoms with Gasteiger partial charge in [0.05, 0.1) is 18.1 Å². The third-order valence-electron chi connectivity index (χ3n) is 2.87. The predicted molar refractivity (Wildman–Crippen MR) is 69.8 cm³/mol. The Balaban J connectivity index is 3.21. The number of non-ortho nitro benzene ring substituents is 1. The molecule has 0 spiro atoms. The first-order valence-corrected chi connectivity index (χ1v) is 5.69. The topological polar surface area (TPSA) is 92.9 Å². The standard InChI is InChI=1S/C12H16N2O5/c1-4-11(12(15)16)13(2)8-5-9(14(17)18)7-10(6-8)19-3/h5-7,11H,4H2,1-3H3,(H,15,16). The Morgan fingerprint density at radius 1 is 1.53 bits per heavy atom. The van der Waals surface area contributed by atoms with Crippen LogP contribution in [0.3, 0.4) is 0 Å². The first-order chi connectivity index (χ1) is 8.90. The summed E-state index contributed by atoms with van der Waals surface area (Å²) < 4.78 is 4.99. The minimum Gasteiger partial charge on any atom is -0.496 e. The van der Waals surface area contributed by atoms with Crippen LogP contribution in [0.25, 0.3) is 0 Å². The molecule has 7 nitrogen and oxygen atoms in total. The number of benzene rings is 1. The van der Waals surface area contributed by atoms with E-state index in [1.807, 2.05) is 0 Å². The molecule has 0 bridgehead atoms. The van der Waals surface area contributed by atoms with Crippen molar-refractivity contribution in [1.82, 2.24) is 0 Å². The molecule has 0 heterocycles. The zero-order valence-corrected chi connectivity index (χ0v) is 11.0. The quantitative estimate of drug-likeness (QED) is 0.625. The highest BCUT2D eigenvalue weighted by Crippen LogP contribution is 2.29. The molecule has 0 aliphatic heterocycles. The van der Waals surface area contributed by atoms with Crippen LogP contribution in [-0.4, -0.2) is 36.2 Å². The highest BCUT2D eigenvalue weighted by molar-refractivity contribution is 5.78. The maximum Gasteiger partial charge on any atom is 0.326 e. The Morgan fingerprint density at radius 2 is 2.16 bits per heavy atom. The van der Waals surface area contributed by atoms with Crippen LogP contribution in [0.15, 0.2) is 18.2 Å². The van der Waals surface area contributed by atoms with Crippen LogP contribution in [0.2, 0.25) is 0 Å². The van der Waals surface area contributed by atoms with E-state index < -0.39 is 16.9 Å². The van der Waals surface area contributed by atoms with Crippen LogP contribution in [0.4, 0.5) is 11.4 Å². The number of hydrogen-bond donors (Lipinski definition) is 1. The number of anilines is 1. The number of nitrogens with zero attached hydrogens (tertiary/aromatic N) is 2. The molecule has 0 amide bonds. The van der Waals surface area contributed by atoms with Gasteiger partial charge in [0, 0.05) is 24.9 Å². The second-order valence-electron chi connectivity index (χ2n) is 4.02. The molecular weight excluding hydrogens is 252 g/mol. The van der Waals surface area contributed by atoms with Crippen molar-refractivity contribution >= 4 is 17.3 Å². The number of rotatable bonds is 6. The molecule has 0 aliphatic carbocycles. The van der Waals surface area contributed by atoms with Crippen molar-refractivity contribution in [2.75, 3.05) is 19.1 Å². The second-order valence-corrected chi connectivity index (χ2v) is 4.02. The van der Waals surface area contributed by atoms with E-state index in [-0.39, 0.29) is 5.69 Å². The average molecular weight is 268 g/mol. The zero-order valence-electron chi connectivity index (χ0n) is 11.0. The maximum absolute atomic E-state index is 11.1. The normalized spacial score (nSPS) is 11.7. The minimum absolute atomic E-state index is 0.138. The van der Waals surface area contributed by atoms with Gasteiger partial charge in [-0.3, -0.25) is 10.1 Å². The van der Waals surface area contributed by atoms with E-state index in [4.69, 9.17) is 9.84 Å². The van der Waals surface area contributed by atoms with Gasteiger partial charge in [0.25, 0.3) is 5.69 Å². The van der Waals surface area contributed by atoms with Crippen LogP contribution in [0.5, 0.6) is 5.75 Å². The number of methoxy groups -OCH3 is 1. The highest BCUT2D eigenvalue weighted by Gasteiger charge is 2.23. The fourth-order valence-corrected chi connectivity index (χ4v) is 1.79. The number of carbonyl (C=O) groups is 1. The Labute approximate surface area is 110 Å². The number of aliphatic carboxylic acids is 1. The van der Waals surface area contributed by atoms with Crippen LogP contribution >= 0.6 is 0 Å². The van der Waals surface area contributed by atoms with Crippen molar-refractivity contribution in [3.05, 3.63) is 28.3 Å². The van der Waals surface area contributed by atoms with E-state index in [9.17, 15) is 14.9 Å². The molecule has 1 unspecified atom stereocenters. The smallest absolute Gasteiger partial charge is 0.326 e. The zero-order chi connectivity index (χ0) is 14.6. The molecule has 1 aromatic carbocycles. The number of carboxylic acid groups (broad SMARTS) is 1. The second kappa shape index (κ2) is 6.03. The molecule has 0 fully saturated rings. The molecule has 0 saturated heterocycles. The van der Waals surface area contributed by atoms with Gasteiger partial charge in [0.2, 0.25) is 0 Å². The van der Waals surface area contributed by atoms with Crippen LogP contribution < -0.4 is 9.64 Å². The highest BCUT2D eigenvalue weighted by atomic mass is 16.6. The third kappa shape index (κ3) is 3.34. The minimum atomic E-state index is -0.976. The molecule has 7 heteroatoms. The number of likely N-dealkylation sites (N-methyl/N-ethyl adjacent to an activating group) is 1. The summed E-state index contributed by atoms with van der Waals surface area (Å²) in [6.45, 7) is 1.74. The summed E-state index contributed by atoms with van der Waals surface area (Å²) in [5.41, 5.74) is 0.293. The summed E-state index contributed by atoms with van der Waals surface area (Å²) in [5.74, 6) is -0.660. The fraction of sp³-hybridized carbons (Fsp3) is 0.417. The van der Waals surface area contributed by atoms with E-state index in [0.29, 0.717) is 17.9 Å². The molecule has 0 radical (unpaired) electrons. The van der Waals surface area contributed by atoms with Crippen molar-refractivity contribution in [3.8, 4) is 5.75 Å². The monoisotopic (exact) mass is 268 g/mol. The van der Waals surface area contributed by atoms with Gasteiger partial charge in [0.1, 0.15) is 11.8 Å². The first-order valence-electron chi connectivity index (χ1n) is 5.69. The summed E-state index contributed by atoms with van der Waals surface area (Å²) in [5, 5.41) is 19.9. The fourth-order valence-electron chi connectivity index (χ4n) is 1.79. The summed E-state index contributed by atoms with van der Waals surface area (Å²) in [7, 11) is 2.98. The summed E-state index contributed by atoms with van der Waals surface area (Å²) in [6, 6.07) is 3.44. The number of nitro groups is 1. The van der Waals surface area contributed by atoms with Crippen LogP contribution in [0, 0.1) is 10.1 Å². The lowest BCUT2D eigenvalue weighted by molar-refractivity contribution is -0.384. The number of nitro benzene ring substituents is 1. The number of hydrogen-bond acceptors (Lipinski definition) is 5. The van der Waals surface area contributed by atoms with Gasteiger partial charge in [-0.05, 0) is 6.42 Å². The van der Waals surface area contributed by atoms with Gasteiger partial charge >= 0.3 is 5.97 Å². The van der Waals surface area contributed by atoms with Crippen LogP contribution in [-0.2, 0) is 4.79 Å². The van der Waals surface area contributed by atoms with Gasteiger partial charge in [-0.2, -0.15) is 0 Å². The van der Waals surface area contributed by atoms with Crippen molar-refractivity contribution in [3.63, 3.8) is 0 Å². The van der Waals surface area contributed by atoms with E-state index in [1.54, 1.807) is 20.0 Å². The number of ether oxygens (including phenoxy) is 1. The van der Waals surface area contributed by atoms with E-state index in [0.717, 1.165) is 0 Å². The Hall–Kier alpha value is -2.31. The van der Waals surface area contributed by atoms with Gasteiger partial charge in [-0.1, -0.05) is 6.92 Å². The Morgan fingerprint density at radius 3 is 2.58 bits per heavy atom. The molecular formula is C12H16N2O5. The first kappa shape index (κ1) is 14.7. The summed E-state index contributed by atoms with van der Waals surface area (Å²) >= 11 is 0. The Bertz CT molecular complexity index is 489. The lowest BCUT2D eigenvalue weighted by Crippen LogP contribution is -2.37. The maximum atomic E-state index is 11.1. The van der Waals surface area contributed by atoms with Crippen molar-refractivity contribution < 1.29 is 19.6 Å². The van der Waals surface area contributed by atoms with Gasteiger partial charge in [-0.25, -0.2) is 4.79 Å². The van der Waals surface area contributed by atoms with Crippen molar-refractivity contribution in [2.24, 2.45) is 0 Å². The van der Waals surface area contributed by atoms with E-state index >= 15 is 0 Å². The van der Waals surface area contributed by atoms with Crippen LogP contribution in [0.1, 0.15) is 13.3 Å². The lowest BCUT2D eigenvalue weighted by Gasteiger charge is -2.25. The van der Waals surface area contributed by atoms with Gasteiger partial charge < -0.3 is 14.7 Å². The van der Waals surface area contributed by atoms with E-state index in [2.05, 4.69) is 0 Å². The SMILES string of the molecule is CCC(C(=O)O)N(C)c1cc(OC)cc([N+](=O)[O-])c1. The van der Waals surface area contributed by atoms with Gasteiger partial charge in [0.15, 0.2) is 0 Å². The van der Waals surface area contributed by atoms with Crippen molar-refractivity contribution in [1.29, 1.82) is 0 Å². The summed E-state index contributed by atoms with van der Waals surface area (Å²) in [6.07, 6.45) is 0.386. The molecule has 1 rings (SSSR count). The van der Waals surface area contributed by atoms with E-state index in [1.165, 1.54) is 24.1 Å².